The van der Waals surface area contributed by atoms with E-state index in [0.29, 0.717) is 5.92 Å². The first-order valence-corrected chi connectivity index (χ1v) is 7.19. The molecule has 2 amide bonds. The number of rotatable bonds is 3. The van der Waals surface area contributed by atoms with Crippen LogP contribution in [0.15, 0.2) is 24.3 Å². The molecule has 0 radical (unpaired) electrons. The molecule has 1 fully saturated rings. The van der Waals surface area contributed by atoms with Crippen LogP contribution in [0.25, 0.3) is 0 Å². The van der Waals surface area contributed by atoms with E-state index in [1.807, 2.05) is 4.90 Å². The van der Waals surface area contributed by atoms with Gasteiger partial charge in [0.05, 0.1) is 6.04 Å². The summed E-state index contributed by atoms with van der Waals surface area (Å²) in [5, 5.41) is 3.02. The minimum atomic E-state index is 0.0803. The maximum absolute atomic E-state index is 12.2. The fraction of sp³-hybridized carbons (Fsp3) is 0.562. The van der Waals surface area contributed by atoms with Crippen molar-refractivity contribution in [2.45, 2.75) is 39.7 Å². The van der Waals surface area contributed by atoms with E-state index >= 15 is 0 Å². The van der Waals surface area contributed by atoms with Crippen molar-refractivity contribution in [2.75, 3.05) is 13.1 Å². The first-order chi connectivity index (χ1) is 9.08. The third-order valence-electron chi connectivity index (χ3n) is 3.64. The Morgan fingerprint density at radius 3 is 2.68 bits per heavy atom. The summed E-state index contributed by atoms with van der Waals surface area (Å²) in [6, 6.07) is 8.86. The third kappa shape index (κ3) is 3.49. The second-order valence-electron chi connectivity index (χ2n) is 5.84. The Morgan fingerprint density at radius 2 is 2.05 bits per heavy atom. The predicted octanol–water partition coefficient (Wildman–Crippen LogP) is 3.50. The summed E-state index contributed by atoms with van der Waals surface area (Å²) in [5.74, 6) is 0.490. The Morgan fingerprint density at radius 1 is 1.37 bits per heavy atom. The molecule has 0 bridgehead atoms. The van der Waals surface area contributed by atoms with Gasteiger partial charge in [-0.25, -0.2) is 4.79 Å². The molecule has 104 valence electrons. The van der Waals surface area contributed by atoms with Gasteiger partial charge in [0.25, 0.3) is 0 Å². The van der Waals surface area contributed by atoms with Crippen LogP contribution in [0.4, 0.5) is 4.79 Å². The average Bonchev–Trinajstić information content (AvgIpc) is 2.86. The van der Waals surface area contributed by atoms with Gasteiger partial charge >= 0.3 is 6.03 Å². The molecule has 19 heavy (non-hydrogen) atoms. The molecule has 2 rings (SSSR count). The van der Waals surface area contributed by atoms with E-state index in [1.54, 1.807) is 0 Å². The molecule has 3 nitrogen and oxygen atoms in total. The summed E-state index contributed by atoms with van der Waals surface area (Å²) >= 11 is 0. The normalized spacial score (nSPS) is 18.9. The molecule has 1 aliphatic heterocycles. The highest BCUT2D eigenvalue weighted by atomic mass is 16.2. The molecule has 1 aliphatic rings. The highest BCUT2D eigenvalue weighted by Gasteiger charge is 2.29. The number of nitrogens with one attached hydrogen (secondary N) is 1. The molecule has 0 spiro atoms. The van der Waals surface area contributed by atoms with Crippen LogP contribution in [0.1, 0.15) is 43.9 Å². The lowest BCUT2D eigenvalue weighted by Gasteiger charge is -2.26. The summed E-state index contributed by atoms with van der Waals surface area (Å²) < 4.78 is 0. The van der Waals surface area contributed by atoms with Crippen molar-refractivity contribution in [3.63, 3.8) is 0 Å². The molecule has 0 saturated carbocycles. The average molecular weight is 260 g/mol. The van der Waals surface area contributed by atoms with Crippen molar-refractivity contribution in [2.24, 2.45) is 5.92 Å². The van der Waals surface area contributed by atoms with Gasteiger partial charge in [-0.2, -0.15) is 0 Å². The minimum absolute atomic E-state index is 0.0803. The maximum Gasteiger partial charge on any atom is 0.317 e. The van der Waals surface area contributed by atoms with Crippen LogP contribution in [0.2, 0.25) is 0 Å². The number of nitrogens with zero attached hydrogens (tertiary/aromatic N) is 1. The van der Waals surface area contributed by atoms with E-state index in [4.69, 9.17) is 0 Å². The quantitative estimate of drug-likeness (QED) is 0.886. The van der Waals surface area contributed by atoms with E-state index in [1.165, 1.54) is 11.1 Å². The third-order valence-corrected chi connectivity index (χ3v) is 3.64. The van der Waals surface area contributed by atoms with Crippen molar-refractivity contribution in [3.05, 3.63) is 35.4 Å². The van der Waals surface area contributed by atoms with E-state index in [-0.39, 0.29) is 12.1 Å². The Kier molecular flexibility index (Phi) is 4.46. The van der Waals surface area contributed by atoms with Gasteiger partial charge in [0, 0.05) is 13.1 Å². The highest BCUT2D eigenvalue weighted by Crippen LogP contribution is 2.31. The van der Waals surface area contributed by atoms with Crippen molar-refractivity contribution in [3.8, 4) is 0 Å². The van der Waals surface area contributed by atoms with Crippen LogP contribution in [-0.2, 0) is 0 Å². The number of likely N-dealkylation sites (tertiary alicyclic amines) is 1. The lowest BCUT2D eigenvalue weighted by Crippen LogP contribution is -2.40. The van der Waals surface area contributed by atoms with Crippen molar-refractivity contribution < 1.29 is 4.79 Å². The number of urea groups is 1. The van der Waals surface area contributed by atoms with E-state index in [0.717, 1.165) is 25.9 Å². The van der Waals surface area contributed by atoms with E-state index in [9.17, 15) is 4.79 Å². The van der Waals surface area contributed by atoms with E-state index < -0.39 is 0 Å². The molecule has 0 unspecified atom stereocenters. The zero-order chi connectivity index (χ0) is 13.8. The minimum Gasteiger partial charge on any atom is -0.338 e. The largest absolute Gasteiger partial charge is 0.338 e. The highest BCUT2D eigenvalue weighted by molar-refractivity contribution is 5.75. The second-order valence-corrected chi connectivity index (χ2v) is 5.84. The maximum atomic E-state index is 12.2. The molecule has 1 heterocycles. The van der Waals surface area contributed by atoms with Gasteiger partial charge in [-0.15, -0.1) is 0 Å². The summed E-state index contributed by atoms with van der Waals surface area (Å²) in [5.41, 5.74) is 2.51. The fourth-order valence-corrected chi connectivity index (χ4v) is 2.54. The summed E-state index contributed by atoms with van der Waals surface area (Å²) in [4.78, 5) is 14.2. The molecule has 1 aromatic carbocycles. The molecule has 3 heteroatoms. The molecular formula is C16H24N2O. The van der Waals surface area contributed by atoms with Crippen LogP contribution in [0, 0.1) is 12.8 Å². The molecular weight excluding hydrogens is 236 g/mol. The molecule has 1 aromatic rings. The smallest absolute Gasteiger partial charge is 0.317 e. The Labute approximate surface area is 116 Å². The number of amides is 2. The zero-order valence-electron chi connectivity index (χ0n) is 12.1. The first-order valence-electron chi connectivity index (χ1n) is 7.19. The molecule has 1 atom stereocenters. The molecule has 0 aliphatic carbocycles. The molecule has 0 aromatic heterocycles. The molecule has 1 saturated heterocycles. The first kappa shape index (κ1) is 13.9. The zero-order valence-corrected chi connectivity index (χ0v) is 12.1. The van der Waals surface area contributed by atoms with Crippen LogP contribution in [0.5, 0.6) is 0 Å². The van der Waals surface area contributed by atoms with Crippen LogP contribution < -0.4 is 5.32 Å². The number of aryl methyl sites for hydroxylation is 1. The summed E-state index contributed by atoms with van der Waals surface area (Å²) in [6.45, 7) is 7.92. The fourth-order valence-electron chi connectivity index (χ4n) is 2.54. The lowest BCUT2D eigenvalue weighted by atomic mass is 10.0. The van der Waals surface area contributed by atoms with Crippen LogP contribution >= 0.6 is 0 Å². The van der Waals surface area contributed by atoms with Gasteiger partial charge in [-0.05, 0) is 31.2 Å². The number of carbonyl (C=O) groups excluding carboxylic acids is 1. The van der Waals surface area contributed by atoms with Gasteiger partial charge in [0.1, 0.15) is 0 Å². The SMILES string of the molecule is Cc1ccc([C@H]2CCCN2C(=O)NCC(C)C)cc1. The van der Waals surface area contributed by atoms with E-state index in [2.05, 4.69) is 50.4 Å². The van der Waals surface area contributed by atoms with Gasteiger partial charge in [-0.3, -0.25) is 0 Å². The molecule has 1 N–H and O–H groups in total. The van der Waals surface area contributed by atoms with Gasteiger partial charge in [-0.1, -0.05) is 43.7 Å². The topological polar surface area (TPSA) is 32.3 Å². The summed E-state index contributed by atoms with van der Waals surface area (Å²) in [6.07, 6.45) is 2.16. The van der Waals surface area contributed by atoms with Crippen LogP contribution in [-0.4, -0.2) is 24.0 Å². The van der Waals surface area contributed by atoms with Gasteiger partial charge < -0.3 is 10.2 Å². The van der Waals surface area contributed by atoms with Crippen molar-refractivity contribution in [1.82, 2.24) is 10.2 Å². The predicted molar refractivity (Wildman–Crippen MR) is 78.1 cm³/mol. The summed E-state index contributed by atoms with van der Waals surface area (Å²) in [7, 11) is 0. The Bertz CT molecular complexity index is 425. The van der Waals surface area contributed by atoms with Gasteiger partial charge in [0.15, 0.2) is 0 Å². The Balaban J connectivity index is 2.04. The number of hydrogen-bond acceptors (Lipinski definition) is 1. The monoisotopic (exact) mass is 260 g/mol. The lowest BCUT2D eigenvalue weighted by molar-refractivity contribution is 0.191. The van der Waals surface area contributed by atoms with Crippen molar-refractivity contribution in [1.29, 1.82) is 0 Å². The number of carbonyl (C=O) groups is 1. The second kappa shape index (κ2) is 6.09. The van der Waals surface area contributed by atoms with Crippen LogP contribution in [0.3, 0.4) is 0 Å². The Hall–Kier alpha value is -1.51. The number of hydrogen-bond donors (Lipinski definition) is 1. The number of benzene rings is 1. The van der Waals surface area contributed by atoms with Crippen molar-refractivity contribution >= 4 is 6.03 Å². The van der Waals surface area contributed by atoms with Gasteiger partial charge in [0.2, 0.25) is 0 Å². The standard InChI is InChI=1S/C16H24N2O/c1-12(2)11-17-16(19)18-10-4-5-15(18)14-8-6-13(3)7-9-14/h6-9,12,15H,4-5,10-11H2,1-3H3,(H,17,19)/t15-/m1/s1.